The molecule has 0 unspecified atom stereocenters. The predicted molar refractivity (Wildman–Crippen MR) is 125 cm³/mol. The van der Waals surface area contributed by atoms with Crippen LogP contribution in [0.25, 0.3) is 0 Å². The van der Waals surface area contributed by atoms with E-state index >= 15 is 0 Å². The van der Waals surface area contributed by atoms with E-state index in [0.29, 0.717) is 6.42 Å². The Morgan fingerprint density at radius 1 is 1.09 bits per heavy atom. The van der Waals surface area contributed by atoms with E-state index in [1.165, 1.54) is 10.7 Å². The summed E-state index contributed by atoms with van der Waals surface area (Å²) in [6.07, 6.45) is 7.30. The average Bonchev–Trinajstić information content (AvgIpc) is 2.74. The average molecular weight is 457 g/mol. The van der Waals surface area contributed by atoms with Gasteiger partial charge in [0.25, 0.3) is 0 Å². The minimum absolute atomic E-state index is 0.167. The molecule has 1 spiro atoms. The molecule has 7 heteroatoms. The lowest BCUT2D eigenvalue weighted by molar-refractivity contribution is -0.123. The van der Waals surface area contributed by atoms with Crippen molar-refractivity contribution in [2.75, 3.05) is 12.8 Å². The Kier molecular flexibility index (Phi) is 6.58. The number of sulfonamides is 1. The van der Waals surface area contributed by atoms with Crippen molar-refractivity contribution in [3.63, 3.8) is 0 Å². The first kappa shape index (κ1) is 22.8. The Balaban J connectivity index is 1.50. The van der Waals surface area contributed by atoms with Gasteiger partial charge in [-0.05, 0) is 44.2 Å². The van der Waals surface area contributed by atoms with Crippen molar-refractivity contribution >= 4 is 15.9 Å². The van der Waals surface area contributed by atoms with Crippen LogP contribution in [0.1, 0.15) is 61.3 Å². The van der Waals surface area contributed by atoms with E-state index in [1.807, 2.05) is 55.5 Å². The molecule has 6 nitrogen and oxygen atoms in total. The van der Waals surface area contributed by atoms with E-state index in [4.69, 9.17) is 4.74 Å². The number of nitrogens with zero attached hydrogens (tertiary/aromatic N) is 1. The molecule has 1 N–H and O–H groups in total. The van der Waals surface area contributed by atoms with Crippen LogP contribution in [0.3, 0.4) is 0 Å². The molecule has 1 atom stereocenters. The Morgan fingerprint density at radius 3 is 2.47 bits per heavy atom. The molecule has 2 aliphatic rings. The van der Waals surface area contributed by atoms with Crippen LogP contribution in [0.4, 0.5) is 0 Å². The highest BCUT2D eigenvalue weighted by Gasteiger charge is 2.42. The van der Waals surface area contributed by atoms with Gasteiger partial charge in [0.2, 0.25) is 15.9 Å². The van der Waals surface area contributed by atoms with E-state index in [1.54, 1.807) is 0 Å². The molecule has 1 fully saturated rings. The Bertz CT molecular complexity index is 1060. The van der Waals surface area contributed by atoms with Gasteiger partial charge in [-0.3, -0.25) is 4.79 Å². The largest absolute Gasteiger partial charge is 0.487 e. The number of ether oxygens (including phenoxy) is 1. The van der Waals surface area contributed by atoms with Crippen LogP contribution < -0.4 is 10.1 Å². The van der Waals surface area contributed by atoms with Crippen molar-refractivity contribution in [2.24, 2.45) is 0 Å². The molecule has 4 rings (SSSR count). The van der Waals surface area contributed by atoms with Crippen LogP contribution in [-0.2, 0) is 21.4 Å². The molecule has 172 valence electrons. The fourth-order valence-corrected chi connectivity index (χ4v) is 5.57. The summed E-state index contributed by atoms with van der Waals surface area (Å²) in [5, 5.41) is 3.12. The molecule has 1 amide bonds. The normalized spacial score (nSPS) is 19.9. The smallest absolute Gasteiger partial charge is 0.235 e. The van der Waals surface area contributed by atoms with Crippen molar-refractivity contribution in [1.29, 1.82) is 0 Å². The maximum atomic E-state index is 13.0. The number of aryl methyl sites for hydroxylation is 1. The highest BCUT2D eigenvalue weighted by molar-refractivity contribution is 7.88. The van der Waals surface area contributed by atoms with Crippen molar-refractivity contribution in [2.45, 2.75) is 63.6 Å². The summed E-state index contributed by atoms with van der Waals surface area (Å²) in [4.78, 5) is 13.0. The van der Waals surface area contributed by atoms with Crippen LogP contribution >= 0.6 is 0 Å². The SMILES string of the molecule is Cc1ccc(CN(CC(=O)N[C@H]2CC3(CCCCC3)Oc3ccccc32)S(C)(=O)=O)cc1. The van der Waals surface area contributed by atoms with E-state index in [2.05, 4.69) is 5.32 Å². The Hall–Kier alpha value is -2.38. The summed E-state index contributed by atoms with van der Waals surface area (Å²) in [7, 11) is -3.55. The van der Waals surface area contributed by atoms with Crippen molar-refractivity contribution in [1.82, 2.24) is 9.62 Å². The van der Waals surface area contributed by atoms with Crippen molar-refractivity contribution < 1.29 is 17.9 Å². The zero-order chi connectivity index (χ0) is 22.8. The van der Waals surface area contributed by atoms with Crippen molar-refractivity contribution in [3.05, 3.63) is 65.2 Å². The number of nitrogens with one attached hydrogen (secondary N) is 1. The van der Waals surface area contributed by atoms with Gasteiger partial charge in [-0.15, -0.1) is 0 Å². The molecule has 0 aromatic heterocycles. The first-order valence-electron chi connectivity index (χ1n) is 11.3. The van der Waals surface area contributed by atoms with E-state index in [-0.39, 0.29) is 30.6 Å². The third-order valence-corrected chi connectivity index (χ3v) is 7.76. The molecule has 2 aromatic carbocycles. The summed E-state index contributed by atoms with van der Waals surface area (Å²) in [5.41, 5.74) is 2.67. The second-order valence-corrected chi connectivity index (χ2v) is 11.2. The molecule has 1 aliphatic heterocycles. The molecule has 1 saturated carbocycles. The third kappa shape index (κ3) is 5.33. The maximum Gasteiger partial charge on any atom is 0.235 e. The van der Waals surface area contributed by atoms with Gasteiger partial charge < -0.3 is 10.1 Å². The number of hydrogen-bond donors (Lipinski definition) is 1. The minimum atomic E-state index is -3.55. The van der Waals surface area contributed by atoms with Crippen molar-refractivity contribution in [3.8, 4) is 5.75 Å². The number of rotatable bonds is 6. The van der Waals surface area contributed by atoms with Gasteiger partial charge in [0.15, 0.2) is 0 Å². The predicted octanol–water partition coefficient (Wildman–Crippen LogP) is 4.10. The van der Waals surface area contributed by atoms with E-state index in [0.717, 1.165) is 54.4 Å². The van der Waals surface area contributed by atoms with Crippen LogP contribution in [0, 0.1) is 6.92 Å². The number of para-hydroxylation sites is 1. The monoisotopic (exact) mass is 456 g/mol. The second kappa shape index (κ2) is 9.24. The Morgan fingerprint density at radius 2 is 1.78 bits per heavy atom. The number of benzene rings is 2. The minimum Gasteiger partial charge on any atom is -0.487 e. The standard InChI is InChI=1S/C25H32N2O4S/c1-19-10-12-20(13-11-19)17-27(32(2,29)30)18-24(28)26-22-16-25(14-6-3-7-15-25)31-23-9-5-4-8-21(22)23/h4-5,8-13,22H,3,6-7,14-18H2,1-2H3,(H,26,28)/t22-/m0/s1. The number of amides is 1. The first-order valence-corrected chi connectivity index (χ1v) is 13.2. The van der Waals surface area contributed by atoms with Crippen LogP contribution in [-0.4, -0.2) is 37.0 Å². The number of fused-ring (bicyclic) bond motifs is 1. The maximum absolute atomic E-state index is 13.0. The molecule has 0 bridgehead atoms. The summed E-state index contributed by atoms with van der Waals surface area (Å²) >= 11 is 0. The number of hydrogen-bond acceptors (Lipinski definition) is 4. The van der Waals surface area contributed by atoms with Gasteiger partial charge in [0.1, 0.15) is 11.4 Å². The third-order valence-electron chi connectivity index (χ3n) is 6.57. The fourth-order valence-electron chi connectivity index (χ4n) is 4.84. The molecule has 32 heavy (non-hydrogen) atoms. The topological polar surface area (TPSA) is 75.7 Å². The summed E-state index contributed by atoms with van der Waals surface area (Å²) in [6, 6.07) is 15.3. The first-order chi connectivity index (χ1) is 15.2. The lowest BCUT2D eigenvalue weighted by atomic mass is 9.77. The van der Waals surface area contributed by atoms with Gasteiger partial charge in [0.05, 0.1) is 18.8 Å². The Labute approximate surface area is 191 Å². The zero-order valence-corrected chi connectivity index (χ0v) is 19.7. The van der Waals surface area contributed by atoms with Crippen LogP contribution in [0.15, 0.2) is 48.5 Å². The molecule has 2 aromatic rings. The zero-order valence-electron chi connectivity index (χ0n) is 18.8. The highest BCUT2D eigenvalue weighted by Crippen LogP contribution is 2.46. The summed E-state index contributed by atoms with van der Waals surface area (Å²) < 4.78 is 32.5. The molecular weight excluding hydrogens is 424 g/mol. The van der Waals surface area contributed by atoms with Gasteiger partial charge in [-0.1, -0.05) is 54.4 Å². The lowest BCUT2D eigenvalue weighted by Gasteiger charge is -2.44. The molecule has 0 saturated heterocycles. The summed E-state index contributed by atoms with van der Waals surface area (Å²) in [5.74, 6) is 0.528. The second-order valence-electron chi connectivity index (χ2n) is 9.22. The van der Waals surface area contributed by atoms with Gasteiger partial charge >= 0.3 is 0 Å². The highest BCUT2D eigenvalue weighted by atomic mass is 32.2. The molecule has 0 radical (unpaired) electrons. The van der Waals surface area contributed by atoms with Gasteiger partial charge in [-0.2, -0.15) is 4.31 Å². The van der Waals surface area contributed by atoms with Gasteiger partial charge in [-0.25, -0.2) is 8.42 Å². The molecular formula is C25H32N2O4S. The van der Waals surface area contributed by atoms with E-state index in [9.17, 15) is 13.2 Å². The number of carbonyl (C=O) groups excluding carboxylic acids is 1. The molecule has 1 heterocycles. The lowest BCUT2D eigenvalue weighted by Crippen LogP contribution is -2.48. The van der Waals surface area contributed by atoms with Crippen LogP contribution in [0.2, 0.25) is 0 Å². The fraction of sp³-hybridized carbons (Fsp3) is 0.480. The summed E-state index contributed by atoms with van der Waals surface area (Å²) in [6.45, 7) is 1.94. The number of carbonyl (C=O) groups is 1. The van der Waals surface area contributed by atoms with Gasteiger partial charge in [0, 0.05) is 18.5 Å². The van der Waals surface area contributed by atoms with E-state index < -0.39 is 10.0 Å². The quantitative estimate of drug-likeness (QED) is 0.710. The molecule has 1 aliphatic carbocycles. The van der Waals surface area contributed by atoms with Crippen LogP contribution in [0.5, 0.6) is 5.75 Å².